The zero-order chi connectivity index (χ0) is 7.11. The monoisotopic (exact) mass is 130 g/mol. The van der Waals surface area contributed by atoms with Crippen LogP contribution >= 0.6 is 0 Å². The third kappa shape index (κ3) is 10.9. The predicted molar refractivity (Wildman–Crippen MR) is 34.5 cm³/mol. The van der Waals surface area contributed by atoms with Gasteiger partial charge in [-0.15, -0.1) is 0 Å². The summed E-state index contributed by atoms with van der Waals surface area (Å²) in [7, 11) is 0. The average molecular weight is 130 g/mol. The average Bonchev–Trinajstić information content (AvgIpc) is 2.11. The Hall–Kier alpha value is -1.10. The number of aliphatic imine (C=N–C) groups is 1. The molecule has 0 aromatic heterocycles. The highest BCUT2D eigenvalue weighted by Crippen LogP contribution is 1.59. The molecular weight excluding hydrogens is 120 g/mol. The molecule has 0 spiro atoms. The van der Waals surface area contributed by atoms with E-state index in [2.05, 4.69) is 21.6 Å². The SMILES string of the molecule is C1=NCNN1.CC(N)=O. The Morgan fingerprint density at radius 3 is 2.56 bits per heavy atom. The minimum absolute atomic E-state index is 0.333. The standard InChI is InChI=1S/C2H5N3.C2H5NO/c1-3-2-5-4-1;1-2(3)4/h1,5H,2H2,(H,3,4);1H3,(H2,3,4). The van der Waals surface area contributed by atoms with Gasteiger partial charge in [0, 0.05) is 6.92 Å². The van der Waals surface area contributed by atoms with Crippen LogP contribution in [0.5, 0.6) is 0 Å². The first kappa shape index (κ1) is 7.90. The van der Waals surface area contributed by atoms with Crippen molar-refractivity contribution in [2.75, 3.05) is 6.67 Å². The zero-order valence-corrected chi connectivity index (χ0v) is 5.22. The highest BCUT2D eigenvalue weighted by molar-refractivity contribution is 5.70. The van der Waals surface area contributed by atoms with Gasteiger partial charge < -0.3 is 11.2 Å². The lowest BCUT2D eigenvalue weighted by Crippen LogP contribution is -2.22. The van der Waals surface area contributed by atoms with E-state index in [1.165, 1.54) is 6.92 Å². The predicted octanol–water partition coefficient (Wildman–Crippen LogP) is -1.43. The molecule has 0 atom stereocenters. The fraction of sp³-hybridized carbons (Fsp3) is 0.500. The first-order chi connectivity index (χ1) is 4.23. The molecule has 4 N–H and O–H groups in total. The number of rotatable bonds is 0. The summed E-state index contributed by atoms with van der Waals surface area (Å²) in [6.07, 6.45) is 1.62. The Morgan fingerprint density at radius 2 is 2.44 bits per heavy atom. The van der Waals surface area contributed by atoms with Crippen LogP contribution in [0, 0.1) is 0 Å². The molecule has 1 heterocycles. The molecule has 0 aliphatic carbocycles. The minimum Gasteiger partial charge on any atom is -0.370 e. The molecule has 0 radical (unpaired) electrons. The van der Waals surface area contributed by atoms with Gasteiger partial charge in [0.2, 0.25) is 5.91 Å². The maximum atomic E-state index is 9.22. The van der Waals surface area contributed by atoms with Crippen LogP contribution in [-0.2, 0) is 4.79 Å². The highest BCUT2D eigenvalue weighted by Gasteiger charge is 1.79. The number of primary amides is 1. The summed E-state index contributed by atoms with van der Waals surface area (Å²) in [5.41, 5.74) is 9.90. The third-order valence-corrected chi connectivity index (χ3v) is 0.428. The molecule has 1 aliphatic heterocycles. The molecule has 0 unspecified atom stereocenters. The van der Waals surface area contributed by atoms with Crippen LogP contribution in [-0.4, -0.2) is 18.9 Å². The van der Waals surface area contributed by atoms with E-state index in [0.29, 0.717) is 6.67 Å². The van der Waals surface area contributed by atoms with Crippen molar-refractivity contribution in [3.05, 3.63) is 0 Å². The quantitative estimate of drug-likeness (QED) is 0.376. The summed E-state index contributed by atoms with van der Waals surface area (Å²) in [6.45, 7) is 2.01. The van der Waals surface area contributed by atoms with Crippen LogP contribution in [0.1, 0.15) is 6.92 Å². The van der Waals surface area contributed by atoms with Gasteiger partial charge in [0.15, 0.2) is 0 Å². The van der Waals surface area contributed by atoms with E-state index < -0.39 is 0 Å². The fourth-order valence-corrected chi connectivity index (χ4v) is 0.228. The van der Waals surface area contributed by atoms with Crippen LogP contribution < -0.4 is 16.6 Å². The number of amides is 1. The molecule has 0 aromatic rings. The lowest BCUT2D eigenvalue weighted by Gasteiger charge is -1.80. The van der Waals surface area contributed by atoms with Crippen molar-refractivity contribution in [1.82, 2.24) is 10.9 Å². The van der Waals surface area contributed by atoms with Gasteiger partial charge in [-0.05, 0) is 0 Å². The molecule has 5 heteroatoms. The summed E-state index contributed by atoms with van der Waals surface area (Å²) < 4.78 is 0. The fourth-order valence-electron chi connectivity index (χ4n) is 0.228. The highest BCUT2D eigenvalue weighted by atomic mass is 16.1. The normalized spacial score (nSPS) is 13.4. The number of nitrogens with one attached hydrogen (secondary N) is 2. The van der Waals surface area contributed by atoms with Gasteiger partial charge in [0.05, 0.1) is 6.34 Å². The van der Waals surface area contributed by atoms with Gasteiger partial charge in [-0.2, -0.15) is 0 Å². The Morgan fingerprint density at radius 1 is 1.89 bits per heavy atom. The maximum Gasteiger partial charge on any atom is 0.214 e. The number of hydrogen-bond donors (Lipinski definition) is 3. The van der Waals surface area contributed by atoms with Crippen molar-refractivity contribution in [2.24, 2.45) is 10.7 Å². The van der Waals surface area contributed by atoms with E-state index >= 15 is 0 Å². The van der Waals surface area contributed by atoms with Gasteiger partial charge in [-0.3, -0.25) is 9.79 Å². The van der Waals surface area contributed by atoms with Gasteiger partial charge >= 0.3 is 0 Å². The number of hydrogen-bond acceptors (Lipinski definition) is 4. The van der Waals surface area contributed by atoms with E-state index in [9.17, 15) is 4.79 Å². The molecule has 1 rings (SSSR count). The second-order valence-corrected chi connectivity index (χ2v) is 1.40. The molecule has 9 heavy (non-hydrogen) atoms. The maximum absolute atomic E-state index is 9.22. The number of hydrazine groups is 1. The first-order valence-corrected chi connectivity index (χ1v) is 2.46. The van der Waals surface area contributed by atoms with Crippen molar-refractivity contribution < 1.29 is 4.79 Å². The van der Waals surface area contributed by atoms with Crippen LogP contribution in [0.2, 0.25) is 0 Å². The Bertz CT molecular complexity index is 101. The summed E-state index contributed by atoms with van der Waals surface area (Å²) in [5, 5.41) is 0. The van der Waals surface area contributed by atoms with Crippen molar-refractivity contribution in [1.29, 1.82) is 0 Å². The summed E-state index contributed by atoms with van der Waals surface area (Å²) in [4.78, 5) is 13.0. The van der Waals surface area contributed by atoms with Crippen molar-refractivity contribution in [3.8, 4) is 0 Å². The van der Waals surface area contributed by atoms with Crippen molar-refractivity contribution >= 4 is 12.2 Å². The van der Waals surface area contributed by atoms with Crippen molar-refractivity contribution in [3.63, 3.8) is 0 Å². The Kier molecular flexibility index (Phi) is 4.43. The van der Waals surface area contributed by atoms with Gasteiger partial charge in [-0.25, -0.2) is 5.43 Å². The van der Waals surface area contributed by atoms with Gasteiger partial charge in [0.25, 0.3) is 0 Å². The molecular formula is C4H10N4O. The zero-order valence-electron chi connectivity index (χ0n) is 5.22. The van der Waals surface area contributed by atoms with E-state index in [4.69, 9.17) is 0 Å². The minimum atomic E-state index is -0.333. The second-order valence-electron chi connectivity index (χ2n) is 1.40. The van der Waals surface area contributed by atoms with E-state index in [0.717, 1.165) is 0 Å². The molecule has 0 aromatic carbocycles. The molecule has 0 saturated carbocycles. The lowest BCUT2D eigenvalue weighted by molar-refractivity contribution is -0.115. The molecule has 5 nitrogen and oxygen atoms in total. The third-order valence-electron chi connectivity index (χ3n) is 0.428. The molecule has 0 saturated heterocycles. The van der Waals surface area contributed by atoms with E-state index in [1.54, 1.807) is 6.34 Å². The molecule has 1 amide bonds. The van der Waals surface area contributed by atoms with E-state index in [1.807, 2.05) is 0 Å². The van der Waals surface area contributed by atoms with Crippen LogP contribution in [0.15, 0.2) is 4.99 Å². The number of nitrogens with zero attached hydrogens (tertiary/aromatic N) is 1. The molecule has 1 aliphatic rings. The summed E-state index contributed by atoms with van der Waals surface area (Å²) in [6, 6.07) is 0. The molecule has 0 bridgehead atoms. The molecule has 52 valence electrons. The number of carbonyl (C=O) groups excluding carboxylic acids is 1. The second kappa shape index (κ2) is 5.04. The van der Waals surface area contributed by atoms with Crippen molar-refractivity contribution in [2.45, 2.75) is 6.92 Å². The van der Waals surface area contributed by atoms with Gasteiger partial charge in [0.1, 0.15) is 6.67 Å². The number of nitrogens with two attached hydrogens (primary N) is 1. The lowest BCUT2D eigenvalue weighted by atomic mass is 10.8. The largest absolute Gasteiger partial charge is 0.370 e. The summed E-state index contributed by atoms with van der Waals surface area (Å²) >= 11 is 0. The topological polar surface area (TPSA) is 79.5 Å². The Balaban J connectivity index is 0.000000148. The first-order valence-electron chi connectivity index (χ1n) is 2.46. The van der Waals surface area contributed by atoms with E-state index in [-0.39, 0.29) is 5.91 Å². The van der Waals surface area contributed by atoms with Gasteiger partial charge in [-0.1, -0.05) is 0 Å². The summed E-state index contributed by atoms with van der Waals surface area (Å²) in [5.74, 6) is -0.333. The number of carbonyl (C=O) groups is 1. The van der Waals surface area contributed by atoms with Crippen LogP contribution in [0.3, 0.4) is 0 Å². The smallest absolute Gasteiger partial charge is 0.214 e. The van der Waals surface area contributed by atoms with Crippen LogP contribution in [0.25, 0.3) is 0 Å². The molecule has 0 fully saturated rings. The van der Waals surface area contributed by atoms with Crippen LogP contribution in [0.4, 0.5) is 0 Å². The Labute approximate surface area is 53.3 Å².